The Morgan fingerprint density at radius 3 is 2.81 bits per heavy atom. The van der Waals surface area contributed by atoms with E-state index in [0.29, 0.717) is 30.7 Å². The molecule has 31 heavy (non-hydrogen) atoms. The largest absolute Gasteiger partial charge is 0.487 e. The summed E-state index contributed by atoms with van der Waals surface area (Å²) >= 11 is 0. The van der Waals surface area contributed by atoms with Gasteiger partial charge < -0.3 is 10.1 Å². The van der Waals surface area contributed by atoms with Gasteiger partial charge >= 0.3 is 0 Å². The van der Waals surface area contributed by atoms with E-state index in [0.717, 1.165) is 17.7 Å². The zero-order valence-corrected chi connectivity index (χ0v) is 17.3. The second-order valence-corrected chi connectivity index (χ2v) is 8.28. The van der Waals surface area contributed by atoms with Crippen molar-refractivity contribution < 1.29 is 13.9 Å². The van der Waals surface area contributed by atoms with Gasteiger partial charge in [-0.25, -0.2) is 4.39 Å². The predicted molar refractivity (Wildman–Crippen MR) is 116 cm³/mol. The molecule has 0 spiro atoms. The van der Waals surface area contributed by atoms with E-state index in [1.807, 2.05) is 31.3 Å². The number of rotatable bonds is 4. The third-order valence-corrected chi connectivity index (χ3v) is 6.13. The number of carbonyl (C=O) groups is 1. The minimum Gasteiger partial charge on any atom is -0.487 e. The van der Waals surface area contributed by atoms with Gasteiger partial charge in [0.15, 0.2) is 0 Å². The van der Waals surface area contributed by atoms with Crippen LogP contribution in [0.15, 0.2) is 60.9 Å². The van der Waals surface area contributed by atoms with Crippen LogP contribution in [-0.2, 0) is 24.2 Å². The number of fused-ring (bicyclic) bond motifs is 2. The maximum atomic E-state index is 14.2. The molecule has 1 amide bonds. The van der Waals surface area contributed by atoms with Gasteiger partial charge in [-0.3, -0.25) is 14.7 Å². The Morgan fingerprint density at radius 1 is 1.16 bits per heavy atom. The summed E-state index contributed by atoms with van der Waals surface area (Å²) in [6, 6.07) is 14.7. The van der Waals surface area contributed by atoms with Crippen LogP contribution in [0.5, 0.6) is 5.75 Å². The first kappa shape index (κ1) is 19.7. The van der Waals surface area contributed by atoms with Gasteiger partial charge in [0.25, 0.3) is 0 Å². The van der Waals surface area contributed by atoms with Crippen LogP contribution < -0.4 is 10.1 Å². The Balaban J connectivity index is 1.26. The van der Waals surface area contributed by atoms with Gasteiger partial charge in [0.05, 0.1) is 12.6 Å². The molecule has 158 valence electrons. The number of likely N-dealkylation sites (N-methyl/N-ethyl adjacent to an activating group) is 1. The van der Waals surface area contributed by atoms with Gasteiger partial charge in [-0.2, -0.15) is 0 Å². The van der Waals surface area contributed by atoms with Crippen LogP contribution in [0, 0.1) is 5.82 Å². The second-order valence-electron chi connectivity index (χ2n) is 8.28. The molecule has 0 bridgehead atoms. The smallest absolute Gasteiger partial charge is 0.237 e. The van der Waals surface area contributed by atoms with Gasteiger partial charge in [0.1, 0.15) is 17.7 Å². The van der Waals surface area contributed by atoms with E-state index >= 15 is 0 Å². The minimum atomic E-state index is -0.298. The first-order valence-electron chi connectivity index (χ1n) is 10.5. The summed E-state index contributed by atoms with van der Waals surface area (Å²) in [4.78, 5) is 19.1. The molecule has 2 aromatic carbocycles. The maximum absolute atomic E-state index is 14.2. The first-order chi connectivity index (χ1) is 15.1. The van der Waals surface area contributed by atoms with Crippen molar-refractivity contribution in [3.05, 3.63) is 83.4 Å². The van der Waals surface area contributed by atoms with E-state index in [1.165, 1.54) is 23.3 Å². The van der Waals surface area contributed by atoms with Crippen LogP contribution in [0.1, 0.15) is 16.7 Å². The van der Waals surface area contributed by atoms with Gasteiger partial charge in [-0.15, -0.1) is 0 Å². The summed E-state index contributed by atoms with van der Waals surface area (Å²) in [5.41, 5.74) is 4.82. The lowest BCUT2D eigenvalue weighted by Crippen LogP contribution is -2.50. The van der Waals surface area contributed by atoms with Crippen molar-refractivity contribution in [1.29, 1.82) is 0 Å². The van der Waals surface area contributed by atoms with Crippen molar-refractivity contribution >= 4 is 5.91 Å². The van der Waals surface area contributed by atoms with Crippen molar-refractivity contribution in [3.63, 3.8) is 0 Å². The highest BCUT2D eigenvalue weighted by Gasteiger charge is 2.31. The molecule has 0 radical (unpaired) electrons. The molecule has 0 aliphatic carbocycles. The fourth-order valence-electron chi connectivity index (χ4n) is 4.52. The van der Waals surface area contributed by atoms with E-state index in [1.54, 1.807) is 12.4 Å². The molecule has 0 unspecified atom stereocenters. The fourth-order valence-corrected chi connectivity index (χ4v) is 4.52. The molecule has 1 N–H and O–H groups in total. The molecule has 5 nitrogen and oxygen atoms in total. The van der Waals surface area contributed by atoms with Crippen molar-refractivity contribution in [2.75, 3.05) is 13.6 Å². The monoisotopic (exact) mass is 417 g/mol. The highest BCUT2D eigenvalue weighted by atomic mass is 19.1. The lowest BCUT2D eigenvalue weighted by atomic mass is 9.94. The standard InChI is InChI=1S/C25H24FN3O2/c1-29-15-18-6-3-2-5-16(18)11-23(29)25(30)28-14-21-10-19-9-20(26)12-22(24(19)31-21)17-7-4-8-27-13-17/h2-9,12-13,21,23H,10-11,14-15H2,1H3,(H,28,30)/t21-,23-/m1/s1. The predicted octanol–water partition coefficient (Wildman–Crippen LogP) is 3.36. The van der Waals surface area contributed by atoms with Crippen molar-refractivity contribution in [2.24, 2.45) is 0 Å². The number of carbonyl (C=O) groups excluding carboxylic acids is 1. The Bertz CT molecular complexity index is 1120. The summed E-state index contributed by atoms with van der Waals surface area (Å²) in [6.45, 7) is 1.14. The molecule has 0 saturated heterocycles. The van der Waals surface area contributed by atoms with Gasteiger partial charge in [0, 0.05) is 42.0 Å². The Morgan fingerprint density at radius 2 is 2.00 bits per heavy atom. The quantitative estimate of drug-likeness (QED) is 0.707. The van der Waals surface area contributed by atoms with E-state index in [9.17, 15) is 9.18 Å². The number of hydrogen-bond acceptors (Lipinski definition) is 4. The molecule has 2 aliphatic heterocycles. The zero-order valence-electron chi connectivity index (χ0n) is 17.3. The number of amides is 1. The van der Waals surface area contributed by atoms with Gasteiger partial charge in [0.2, 0.25) is 5.91 Å². The lowest BCUT2D eigenvalue weighted by molar-refractivity contribution is -0.126. The molecule has 0 saturated carbocycles. The van der Waals surface area contributed by atoms with E-state index in [4.69, 9.17) is 4.74 Å². The Labute approximate surface area is 180 Å². The van der Waals surface area contributed by atoms with Crippen LogP contribution in [0.25, 0.3) is 11.1 Å². The molecule has 2 atom stereocenters. The number of pyridine rings is 1. The lowest BCUT2D eigenvalue weighted by Gasteiger charge is -2.33. The second kappa shape index (κ2) is 8.12. The molecule has 5 rings (SSSR count). The Hall–Kier alpha value is -3.25. The summed E-state index contributed by atoms with van der Waals surface area (Å²) in [6.07, 6.45) is 4.41. The summed E-state index contributed by atoms with van der Waals surface area (Å²) < 4.78 is 20.4. The maximum Gasteiger partial charge on any atom is 0.237 e. The van der Waals surface area contributed by atoms with Gasteiger partial charge in [-0.1, -0.05) is 30.3 Å². The molecular formula is C25H24FN3O2. The average Bonchev–Trinajstić information content (AvgIpc) is 3.19. The molecule has 2 aliphatic rings. The number of nitrogens with one attached hydrogen (secondary N) is 1. The topological polar surface area (TPSA) is 54.5 Å². The fraction of sp³-hybridized carbons (Fsp3) is 0.280. The van der Waals surface area contributed by atoms with E-state index < -0.39 is 0 Å². The number of nitrogens with zero attached hydrogens (tertiary/aromatic N) is 2. The minimum absolute atomic E-state index is 0.00442. The van der Waals surface area contributed by atoms with Crippen LogP contribution in [0.2, 0.25) is 0 Å². The van der Waals surface area contributed by atoms with Crippen LogP contribution in [0.3, 0.4) is 0 Å². The average molecular weight is 417 g/mol. The van der Waals surface area contributed by atoms with Crippen molar-refractivity contribution in [2.45, 2.75) is 31.5 Å². The summed E-state index contributed by atoms with van der Waals surface area (Å²) in [5, 5.41) is 3.05. The highest BCUT2D eigenvalue weighted by Crippen LogP contribution is 2.39. The molecule has 3 heterocycles. The molecule has 6 heteroatoms. The SMILES string of the molecule is CN1Cc2ccccc2C[C@@H]1C(=O)NC[C@H]1Cc2cc(F)cc(-c3cccnc3)c2O1. The third-order valence-electron chi connectivity index (χ3n) is 6.13. The normalized spacial score (nSPS) is 19.9. The molecular weight excluding hydrogens is 393 g/mol. The van der Waals surface area contributed by atoms with Crippen LogP contribution >= 0.6 is 0 Å². The molecule has 3 aromatic rings. The first-order valence-corrected chi connectivity index (χ1v) is 10.5. The number of hydrogen-bond donors (Lipinski definition) is 1. The van der Waals surface area contributed by atoms with Gasteiger partial charge in [-0.05, 0) is 42.8 Å². The summed E-state index contributed by atoms with van der Waals surface area (Å²) in [7, 11) is 1.98. The Kier molecular flexibility index (Phi) is 5.16. The third kappa shape index (κ3) is 3.91. The van der Waals surface area contributed by atoms with Crippen LogP contribution in [-0.4, -0.2) is 41.5 Å². The van der Waals surface area contributed by atoms with Crippen molar-refractivity contribution in [1.82, 2.24) is 15.2 Å². The number of benzene rings is 2. The number of halogens is 1. The molecule has 1 aromatic heterocycles. The van der Waals surface area contributed by atoms with E-state index in [-0.39, 0.29) is 23.9 Å². The number of aromatic nitrogens is 1. The zero-order chi connectivity index (χ0) is 21.4. The summed E-state index contributed by atoms with van der Waals surface area (Å²) in [5.74, 6) is 0.376. The van der Waals surface area contributed by atoms with Crippen LogP contribution in [0.4, 0.5) is 4.39 Å². The molecule has 0 fully saturated rings. The number of ether oxygens (including phenoxy) is 1. The van der Waals surface area contributed by atoms with Crippen molar-refractivity contribution in [3.8, 4) is 16.9 Å². The highest BCUT2D eigenvalue weighted by molar-refractivity contribution is 5.82. The van der Waals surface area contributed by atoms with E-state index in [2.05, 4.69) is 27.3 Å².